The molecule has 0 aromatic rings. The summed E-state index contributed by atoms with van der Waals surface area (Å²) in [4.78, 5) is 16.8. The average Bonchev–Trinajstić information content (AvgIpc) is 2.78. The van der Waals surface area contributed by atoms with Gasteiger partial charge in [0.1, 0.15) is 0 Å². The lowest BCUT2D eigenvalue weighted by atomic mass is 10.1. The fourth-order valence-corrected chi connectivity index (χ4v) is 4.98. The quantitative estimate of drug-likeness (QED) is 0.765. The van der Waals surface area contributed by atoms with Crippen LogP contribution >= 0.6 is 0 Å². The third kappa shape index (κ3) is 4.67. The number of nitrogens with one attached hydrogen (secondary N) is 1. The van der Waals surface area contributed by atoms with Gasteiger partial charge in [-0.3, -0.25) is 9.69 Å². The molecule has 1 N–H and O–H groups in total. The summed E-state index contributed by atoms with van der Waals surface area (Å²) < 4.78 is 23.5. The van der Waals surface area contributed by atoms with Crippen LogP contribution in [0.1, 0.15) is 27.2 Å². The fourth-order valence-electron chi connectivity index (χ4n) is 3.25. The second-order valence-electron chi connectivity index (χ2n) is 7.02. The van der Waals surface area contributed by atoms with Crippen LogP contribution in [0.25, 0.3) is 0 Å². The van der Waals surface area contributed by atoms with Crippen molar-refractivity contribution < 1.29 is 13.2 Å². The summed E-state index contributed by atoms with van der Waals surface area (Å²) >= 11 is 0. The Balaban J connectivity index is 2.03. The molecule has 0 saturated carbocycles. The molecule has 0 radical (unpaired) electrons. The van der Waals surface area contributed by atoms with Crippen LogP contribution < -0.4 is 5.32 Å². The Morgan fingerprint density at radius 1 is 1.41 bits per heavy atom. The average molecular weight is 331 g/mol. The highest BCUT2D eigenvalue weighted by atomic mass is 32.2. The predicted octanol–water partition coefficient (Wildman–Crippen LogP) is -0.0482. The van der Waals surface area contributed by atoms with Gasteiger partial charge in [-0.15, -0.1) is 0 Å². The molecule has 2 heterocycles. The van der Waals surface area contributed by atoms with Gasteiger partial charge in [0, 0.05) is 38.3 Å². The zero-order valence-corrected chi connectivity index (χ0v) is 14.7. The Morgan fingerprint density at radius 3 is 2.68 bits per heavy atom. The van der Waals surface area contributed by atoms with Gasteiger partial charge in [0.15, 0.2) is 9.84 Å². The Bertz CT molecular complexity index is 492. The maximum absolute atomic E-state index is 12.8. The molecule has 1 unspecified atom stereocenters. The van der Waals surface area contributed by atoms with E-state index in [-0.39, 0.29) is 23.5 Å². The van der Waals surface area contributed by atoms with Gasteiger partial charge in [0.05, 0.1) is 18.1 Å². The minimum atomic E-state index is -2.97. The van der Waals surface area contributed by atoms with Crippen molar-refractivity contribution in [1.82, 2.24) is 15.1 Å². The summed E-state index contributed by atoms with van der Waals surface area (Å²) in [5.74, 6) is 0.754. The molecule has 22 heavy (non-hydrogen) atoms. The minimum absolute atomic E-state index is 0.0737. The second-order valence-corrected chi connectivity index (χ2v) is 9.25. The first kappa shape index (κ1) is 17.7. The number of piperazine rings is 1. The van der Waals surface area contributed by atoms with Crippen molar-refractivity contribution in [3.63, 3.8) is 0 Å². The van der Waals surface area contributed by atoms with Crippen LogP contribution in [0.2, 0.25) is 0 Å². The zero-order valence-electron chi connectivity index (χ0n) is 13.9. The van der Waals surface area contributed by atoms with Crippen molar-refractivity contribution in [2.45, 2.75) is 39.3 Å². The van der Waals surface area contributed by atoms with Crippen LogP contribution in [-0.4, -0.2) is 80.4 Å². The highest BCUT2D eigenvalue weighted by Gasteiger charge is 2.35. The molecule has 1 amide bonds. The van der Waals surface area contributed by atoms with E-state index in [0.717, 1.165) is 19.6 Å². The van der Waals surface area contributed by atoms with Gasteiger partial charge in [-0.25, -0.2) is 8.42 Å². The molecule has 0 bridgehead atoms. The molecule has 7 heteroatoms. The smallest absolute Gasteiger partial charge is 0.237 e. The number of rotatable bonds is 5. The van der Waals surface area contributed by atoms with Crippen LogP contribution in [0.3, 0.4) is 0 Å². The lowest BCUT2D eigenvalue weighted by Gasteiger charge is -2.36. The van der Waals surface area contributed by atoms with E-state index in [1.165, 1.54) is 0 Å². The molecule has 2 atom stereocenters. The summed E-state index contributed by atoms with van der Waals surface area (Å²) in [6.07, 6.45) is 0.581. The highest BCUT2D eigenvalue weighted by molar-refractivity contribution is 7.91. The SMILES string of the molecule is CC(C)CN(C(=O)CN1CCNC[C@H]1C)C1CCS(=O)(=O)C1. The molecular weight excluding hydrogens is 302 g/mol. The van der Waals surface area contributed by atoms with Crippen molar-refractivity contribution in [2.24, 2.45) is 5.92 Å². The molecular formula is C15H29N3O3S. The van der Waals surface area contributed by atoms with Crippen molar-refractivity contribution >= 4 is 15.7 Å². The van der Waals surface area contributed by atoms with Gasteiger partial charge in [0.2, 0.25) is 5.91 Å². The molecule has 2 saturated heterocycles. The van der Waals surface area contributed by atoms with Gasteiger partial charge in [-0.2, -0.15) is 0 Å². The van der Waals surface area contributed by atoms with Crippen LogP contribution in [-0.2, 0) is 14.6 Å². The predicted molar refractivity (Wildman–Crippen MR) is 87.5 cm³/mol. The molecule has 2 fully saturated rings. The molecule has 128 valence electrons. The number of hydrogen-bond acceptors (Lipinski definition) is 5. The first-order valence-electron chi connectivity index (χ1n) is 8.23. The summed E-state index contributed by atoms with van der Waals surface area (Å²) in [6.45, 7) is 9.95. The third-order valence-electron chi connectivity index (χ3n) is 4.51. The Hall–Kier alpha value is -0.660. The van der Waals surface area contributed by atoms with Crippen LogP contribution in [0.15, 0.2) is 0 Å². The van der Waals surface area contributed by atoms with Gasteiger partial charge in [0.25, 0.3) is 0 Å². The van der Waals surface area contributed by atoms with E-state index in [0.29, 0.717) is 31.5 Å². The fraction of sp³-hybridized carbons (Fsp3) is 0.933. The van der Waals surface area contributed by atoms with E-state index in [1.54, 1.807) is 0 Å². The van der Waals surface area contributed by atoms with E-state index in [1.807, 2.05) is 4.90 Å². The molecule has 2 aliphatic rings. The number of carbonyl (C=O) groups is 1. The molecule has 0 spiro atoms. The minimum Gasteiger partial charge on any atom is -0.337 e. The standard InChI is InChI=1S/C15H29N3O3S/c1-12(2)9-18(14-4-7-22(20,21)11-14)15(19)10-17-6-5-16-8-13(17)3/h12-14,16H,4-11H2,1-3H3/t13-,14?/m1/s1. The monoisotopic (exact) mass is 331 g/mol. The lowest BCUT2D eigenvalue weighted by molar-refractivity contribution is -0.135. The highest BCUT2D eigenvalue weighted by Crippen LogP contribution is 2.20. The van der Waals surface area contributed by atoms with Gasteiger partial charge in [-0.05, 0) is 19.3 Å². The number of carbonyl (C=O) groups excluding carboxylic acids is 1. The number of nitrogens with zero attached hydrogens (tertiary/aromatic N) is 2. The molecule has 2 aliphatic heterocycles. The summed E-state index contributed by atoms with van der Waals surface area (Å²) in [7, 11) is -2.97. The van der Waals surface area contributed by atoms with E-state index in [2.05, 4.69) is 31.0 Å². The lowest BCUT2D eigenvalue weighted by Crippen LogP contribution is -2.54. The number of sulfone groups is 1. The van der Waals surface area contributed by atoms with Crippen molar-refractivity contribution in [3.8, 4) is 0 Å². The molecule has 0 aliphatic carbocycles. The van der Waals surface area contributed by atoms with Crippen molar-refractivity contribution in [2.75, 3.05) is 44.2 Å². The van der Waals surface area contributed by atoms with Crippen molar-refractivity contribution in [3.05, 3.63) is 0 Å². The first-order chi connectivity index (χ1) is 10.3. The normalized spacial score (nSPS) is 28.9. The largest absolute Gasteiger partial charge is 0.337 e. The molecule has 0 aromatic carbocycles. The Morgan fingerprint density at radius 2 is 2.14 bits per heavy atom. The maximum Gasteiger partial charge on any atom is 0.237 e. The molecule has 6 nitrogen and oxygen atoms in total. The number of hydrogen-bond donors (Lipinski definition) is 1. The van der Waals surface area contributed by atoms with Crippen molar-refractivity contribution in [1.29, 1.82) is 0 Å². The van der Waals surface area contributed by atoms with Gasteiger partial charge >= 0.3 is 0 Å². The topological polar surface area (TPSA) is 69.7 Å². The summed E-state index contributed by atoms with van der Waals surface area (Å²) in [5.41, 5.74) is 0. The Kier molecular flexibility index (Phi) is 5.85. The second kappa shape index (κ2) is 7.27. The Labute approximate surface area is 134 Å². The van der Waals surface area contributed by atoms with E-state index < -0.39 is 9.84 Å². The molecule has 0 aromatic heterocycles. The van der Waals surface area contributed by atoms with E-state index in [9.17, 15) is 13.2 Å². The van der Waals surface area contributed by atoms with Gasteiger partial charge < -0.3 is 10.2 Å². The van der Waals surface area contributed by atoms with Gasteiger partial charge in [-0.1, -0.05) is 13.8 Å². The summed E-state index contributed by atoms with van der Waals surface area (Å²) in [5, 5.41) is 3.32. The number of amides is 1. The molecule has 2 rings (SSSR count). The van der Waals surface area contributed by atoms with E-state index in [4.69, 9.17) is 0 Å². The van der Waals surface area contributed by atoms with E-state index >= 15 is 0 Å². The maximum atomic E-state index is 12.8. The zero-order chi connectivity index (χ0) is 16.3. The summed E-state index contributed by atoms with van der Waals surface area (Å²) in [6, 6.07) is 0.198. The van der Waals surface area contributed by atoms with Crippen LogP contribution in [0.5, 0.6) is 0 Å². The third-order valence-corrected chi connectivity index (χ3v) is 6.26. The van der Waals surface area contributed by atoms with Crippen LogP contribution in [0.4, 0.5) is 0 Å². The van der Waals surface area contributed by atoms with Crippen LogP contribution in [0, 0.1) is 5.92 Å². The first-order valence-corrected chi connectivity index (χ1v) is 10.1.